The Kier molecular flexibility index (Phi) is 8.24. The topological polar surface area (TPSA) is 21.3 Å². The molecule has 0 amide bonds. The molecule has 0 radical (unpaired) electrons. The molecule has 0 saturated heterocycles. The molecular weight excluding hydrogens is 342 g/mol. The molecule has 2 heteroatoms. The first-order chi connectivity index (χ1) is 13.9. The molecule has 0 spiro atoms. The first-order valence-electron chi connectivity index (χ1n) is 10.8. The molecule has 3 aromatic rings. The number of hydrogen-bond donors (Lipinski definition) is 1. The zero-order valence-corrected chi connectivity index (χ0v) is 17.1. The fourth-order valence-corrected chi connectivity index (χ4v) is 3.57. The van der Waals surface area contributed by atoms with Crippen LogP contribution in [0, 0.1) is 0 Å². The molecule has 1 N–H and O–H groups in total. The normalized spacial score (nSPS) is 10.9. The molecule has 0 atom stereocenters. The first-order valence-corrected chi connectivity index (χ1v) is 10.8. The predicted octanol–water partition coefficient (Wildman–Crippen LogP) is 7.58. The maximum atomic E-state index is 5.97. The minimum Gasteiger partial charge on any atom is -0.494 e. The molecule has 0 bridgehead atoms. The number of rotatable bonds is 12. The van der Waals surface area contributed by atoms with Gasteiger partial charge in [-0.3, -0.25) is 0 Å². The van der Waals surface area contributed by atoms with Crippen molar-refractivity contribution in [3.8, 4) is 5.75 Å². The minimum absolute atomic E-state index is 0.794. The van der Waals surface area contributed by atoms with Crippen molar-refractivity contribution in [2.45, 2.75) is 58.4 Å². The highest BCUT2D eigenvalue weighted by molar-refractivity contribution is 5.93. The Morgan fingerprint density at radius 3 is 2.39 bits per heavy atom. The van der Waals surface area contributed by atoms with Crippen LogP contribution < -0.4 is 10.1 Å². The molecule has 2 nitrogen and oxygen atoms in total. The van der Waals surface area contributed by atoms with E-state index >= 15 is 0 Å². The average molecular weight is 376 g/mol. The predicted molar refractivity (Wildman–Crippen MR) is 121 cm³/mol. The van der Waals surface area contributed by atoms with Gasteiger partial charge in [-0.05, 0) is 35.6 Å². The Bertz CT molecular complexity index is 837. The summed E-state index contributed by atoms with van der Waals surface area (Å²) < 4.78 is 5.97. The monoisotopic (exact) mass is 375 g/mol. The van der Waals surface area contributed by atoms with Crippen LogP contribution in [0.4, 0.5) is 5.69 Å². The summed E-state index contributed by atoms with van der Waals surface area (Å²) in [5.74, 6) is 0.975. The van der Waals surface area contributed by atoms with Crippen molar-refractivity contribution in [3.05, 3.63) is 72.3 Å². The average Bonchev–Trinajstić information content (AvgIpc) is 2.74. The van der Waals surface area contributed by atoms with Crippen molar-refractivity contribution in [3.63, 3.8) is 0 Å². The van der Waals surface area contributed by atoms with Gasteiger partial charge in [-0.1, -0.05) is 94.0 Å². The van der Waals surface area contributed by atoms with Crippen molar-refractivity contribution in [2.75, 3.05) is 11.9 Å². The maximum Gasteiger partial charge on any atom is 0.119 e. The highest BCUT2D eigenvalue weighted by Crippen LogP contribution is 2.24. The van der Waals surface area contributed by atoms with Gasteiger partial charge in [0.2, 0.25) is 0 Å². The fraction of sp³-hybridized carbons (Fsp3) is 0.385. The van der Waals surface area contributed by atoms with Crippen LogP contribution in [0.15, 0.2) is 66.7 Å². The van der Waals surface area contributed by atoms with Gasteiger partial charge in [0.05, 0.1) is 6.61 Å². The van der Waals surface area contributed by atoms with E-state index in [0.717, 1.165) is 25.3 Å². The summed E-state index contributed by atoms with van der Waals surface area (Å²) in [5.41, 5.74) is 2.41. The Balaban J connectivity index is 1.44. The largest absolute Gasteiger partial charge is 0.494 e. The van der Waals surface area contributed by atoms with Crippen molar-refractivity contribution < 1.29 is 4.74 Å². The highest BCUT2D eigenvalue weighted by Gasteiger charge is 2.02. The Hall–Kier alpha value is -2.48. The molecule has 0 unspecified atom stereocenters. The van der Waals surface area contributed by atoms with Crippen molar-refractivity contribution in [2.24, 2.45) is 0 Å². The van der Waals surface area contributed by atoms with Crippen molar-refractivity contribution >= 4 is 16.5 Å². The van der Waals surface area contributed by atoms with E-state index in [1.54, 1.807) is 0 Å². The third kappa shape index (κ3) is 6.30. The van der Waals surface area contributed by atoms with Gasteiger partial charge in [-0.15, -0.1) is 0 Å². The second-order valence-corrected chi connectivity index (χ2v) is 7.50. The number of nitrogens with one attached hydrogen (secondary N) is 1. The van der Waals surface area contributed by atoms with E-state index in [9.17, 15) is 0 Å². The summed E-state index contributed by atoms with van der Waals surface area (Å²) >= 11 is 0. The molecule has 28 heavy (non-hydrogen) atoms. The quantitative estimate of drug-likeness (QED) is 0.329. The number of anilines is 1. The number of fused-ring (bicyclic) bond motifs is 1. The Labute approximate surface area is 169 Å². The Morgan fingerprint density at radius 2 is 1.50 bits per heavy atom. The van der Waals surface area contributed by atoms with Gasteiger partial charge in [-0.25, -0.2) is 0 Å². The highest BCUT2D eigenvalue weighted by atomic mass is 16.5. The number of hydrogen-bond acceptors (Lipinski definition) is 2. The molecule has 0 heterocycles. The van der Waals surface area contributed by atoms with E-state index in [2.05, 4.69) is 79.0 Å². The van der Waals surface area contributed by atoms with Gasteiger partial charge in [0.15, 0.2) is 0 Å². The van der Waals surface area contributed by atoms with Crippen LogP contribution >= 0.6 is 0 Å². The lowest BCUT2D eigenvalue weighted by Crippen LogP contribution is -2.01. The Morgan fingerprint density at radius 1 is 0.750 bits per heavy atom. The summed E-state index contributed by atoms with van der Waals surface area (Å²) in [4.78, 5) is 0. The third-order valence-corrected chi connectivity index (χ3v) is 5.19. The second kappa shape index (κ2) is 11.4. The summed E-state index contributed by atoms with van der Waals surface area (Å²) in [6.07, 6.45) is 9.17. The molecule has 0 fully saturated rings. The molecule has 0 saturated carbocycles. The molecule has 0 aliphatic rings. The van der Waals surface area contributed by atoms with Gasteiger partial charge < -0.3 is 10.1 Å². The zero-order valence-electron chi connectivity index (χ0n) is 17.1. The maximum absolute atomic E-state index is 5.97. The number of benzene rings is 3. The van der Waals surface area contributed by atoms with E-state index in [4.69, 9.17) is 4.74 Å². The van der Waals surface area contributed by atoms with Gasteiger partial charge in [0, 0.05) is 17.6 Å². The molecule has 3 rings (SSSR count). The summed E-state index contributed by atoms with van der Waals surface area (Å²) in [6, 6.07) is 23.3. The van der Waals surface area contributed by atoms with Gasteiger partial charge in [0.25, 0.3) is 0 Å². The van der Waals surface area contributed by atoms with E-state index in [1.165, 1.54) is 60.5 Å². The lowest BCUT2D eigenvalue weighted by molar-refractivity contribution is 0.304. The standard InChI is InChI=1S/C26H33NO/c1-2-3-4-5-6-7-10-19-28-24-16-11-13-22(20-24)21-27-26-18-12-15-23-14-8-9-17-25(23)26/h8-9,11-18,20,27H,2-7,10,19,21H2,1H3. The van der Waals surface area contributed by atoms with E-state index in [-0.39, 0.29) is 0 Å². The van der Waals surface area contributed by atoms with Crippen LogP contribution in [0.1, 0.15) is 57.4 Å². The van der Waals surface area contributed by atoms with E-state index in [1.807, 2.05) is 0 Å². The molecule has 0 aliphatic carbocycles. The minimum atomic E-state index is 0.794. The van der Waals surface area contributed by atoms with Crippen LogP contribution in [0.25, 0.3) is 10.8 Å². The van der Waals surface area contributed by atoms with Gasteiger partial charge >= 0.3 is 0 Å². The van der Waals surface area contributed by atoms with Gasteiger partial charge in [0.1, 0.15) is 5.75 Å². The molecule has 0 aliphatic heterocycles. The van der Waals surface area contributed by atoms with Crippen LogP contribution in [0.5, 0.6) is 5.75 Å². The molecular formula is C26H33NO. The van der Waals surface area contributed by atoms with Gasteiger partial charge in [-0.2, -0.15) is 0 Å². The molecule has 0 aromatic heterocycles. The SMILES string of the molecule is CCCCCCCCCOc1cccc(CNc2cccc3ccccc23)c1. The fourth-order valence-electron chi connectivity index (χ4n) is 3.57. The second-order valence-electron chi connectivity index (χ2n) is 7.50. The van der Waals surface area contributed by atoms with E-state index in [0.29, 0.717) is 0 Å². The van der Waals surface area contributed by atoms with Crippen LogP contribution in [-0.2, 0) is 6.54 Å². The summed E-state index contributed by atoms with van der Waals surface area (Å²) in [6.45, 7) is 3.87. The van der Waals surface area contributed by atoms with Crippen LogP contribution in [0.3, 0.4) is 0 Å². The third-order valence-electron chi connectivity index (χ3n) is 5.19. The van der Waals surface area contributed by atoms with E-state index < -0.39 is 0 Å². The number of ether oxygens (including phenoxy) is 1. The summed E-state index contributed by atoms with van der Waals surface area (Å²) in [7, 11) is 0. The smallest absolute Gasteiger partial charge is 0.119 e. The first kappa shape index (κ1) is 20.3. The van der Waals surface area contributed by atoms with Crippen LogP contribution in [-0.4, -0.2) is 6.61 Å². The molecule has 3 aromatic carbocycles. The van der Waals surface area contributed by atoms with Crippen molar-refractivity contribution in [1.29, 1.82) is 0 Å². The zero-order chi connectivity index (χ0) is 19.4. The summed E-state index contributed by atoms with van der Waals surface area (Å²) in [5, 5.41) is 6.10. The lowest BCUT2D eigenvalue weighted by Gasteiger charge is -2.11. The number of unbranched alkanes of at least 4 members (excludes halogenated alkanes) is 6. The lowest BCUT2D eigenvalue weighted by atomic mass is 10.1. The molecule has 148 valence electrons. The van der Waals surface area contributed by atoms with Crippen molar-refractivity contribution in [1.82, 2.24) is 0 Å². The van der Waals surface area contributed by atoms with Crippen LogP contribution in [0.2, 0.25) is 0 Å².